The second-order valence-electron chi connectivity index (χ2n) is 2.88. The maximum atomic E-state index is 11.4. The van der Waals surface area contributed by atoms with Crippen molar-refractivity contribution in [3.05, 3.63) is 34.0 Å². The Morgan fingerprint density at radius 3 is 2.80 bits per heavy atom. The first-order chi connectivity index (χ1) is 7.15. The van der Waals surface area contributed by atoms with Gasteiger partial charge in [-0.25, -0.2) is 4.79 Å². The predicted octanol–water partition coefficient (Wildman–Crippen LogP) is 3.53. The molecule has 3 nitrogen and oxygen atoms in total. The lowest BCUT2D eigenvalue weighted by Gasteiger charge is -1.99. The largest absolute Gasteiger partial charge is 0.465 e. The van der Waals surface area contributed by atoms with Gasteiger partial charge in [0.2, 0.25) is 0 Å². The number of esters is 1. The normalized spacial score (nSPS) is 10.6. The number of benzene rings is 1. The van der Waals surface area contributed by atoms with Crippen LogP contribution in [-0.2, 0) is 4.74 Å². The molecule has 2 aromatic rings. The van der Waals surface area contributed by atoms with Crippen LogP contribution in [0.4, 0.5) is 0 Å². The highest BCUT2D eigenvalue weighted by Crippen LogP contribution is 2.34. The zero-order chi connectivity index (χ0) is 11.0. The molecule has 0 aliphatic carbocycles. The van der Waals surface area contributed by atoms with Crippen LogP contribution in [0, 0.1) is 0 Å². The average molecular weight is 245 g/mol. The van der Waals surface area contributed by atoms with Crippen molar-refractivity contribution in [2.75, 3.05) is 7.11 Å². The molecule has 1 aromatic heterocycles. The van der Waals surface area contributed by atoms with Crippen LogP contribution in [0.5, 0.6) is 0 Å². The fourth-order valence-corrected chi connectivity index (χ4v) is 1.74. The lowest BCUT2D eigenvalue weighted by Crippen LogP contribution is -1.99. The molecule has 0 spiro atoms. The van der Waals surface area contributed by atoms with Gasteiger partial charge in [-0.15, -0.1) is 0 Å². The molecule has 1 heterocycles. The molecule has 0 aliphatic heterocycles. The van der Waals surface area contributed by atoms with E-state index in [9.17, 15) is 4.79 Å². The van der Waals surface area contributed by atoms with Gasteiger partial charge in [0.1, 0.15) is 17.4 Å². The second-order valence-corrected chi connectivity index (χ2v) is 3.66. The fourth-order valence-electron chi connectivity index (χ4n) is 1.32. The lowest BCUT2D eigenvalue weighted by atomic mass is 10.2. The van der Waals surface area contributed by atoms with Crippen LogP contribution in [0.15, 0.2) is 22.8 Å². The number of rotatable bonds is 1. The van der Waals surface area contributed by atoms with Gasteiger partial charge in [0.25, 0.3) is 0 Å². The number of methoxy groups -OCH3 is 1. The third-order valence-corrected chi connectivity index (χ3v) is 2.84. The number of halogens is 2. The third kappa shape index (κ3) is 1.58. The van der Waals surface area contributed by atoms with Crippen molar-refractivity contribution in [3.8, 4) is 0 Å². The van der Waals surface area contributed by atoms with Crippen molar-refractivity contribution in [1.29, 1.82) is 0 Å². The van der Waals surface area contributed by atoms with Crippen molar-refractivity contribution in [3.63, 3.8) is 0 Å². The average Bonchev–Trinajstić information content (AvgIpc) is 2.67. The van der Waals surface area contributed by atoms with E-state index in [1.807, 2.05) is 0 Å². The summed E-state index contributed by atoms with van der Waals surface area (Å²) < 4.78 is 9.76. The molecule has 0 aliphatic rings. The zero-order valence-corrected chi connectivity index (χ0v) is 9.22. The number of carbonyl (C=O) groups excluding carboxylic acids is 1. The van der Waals surface area contributed by atoms with Crippen molar-refractivity contribution >= 4 is 40.1 Å². The van der Waals surface area contributed by atoms with Gasteiger partial charge < -0.3 is 9.15 Å². The van der Waals surface area contributed by atoms with E-state index in [4.69, 9.17) is 27.6 Å². The van der Waals surface area contributed by atoms with Gasteiger partial charge in [0.05, 0.1) is 22.5 Å². The summed E-state index contributed by atoms with van der Waals surface area (Å²) in [5.41, 5.74) is 0.782. The molecule has 15 heavy (non-hydrogen) atoms. The minimum Gasteiger partial charge on any atom is -0.465 e. The second kappa shape index (κ2) is 3.76. The van der Waals surface area contributed by atoms with E-state index in [1.54, 1.807) is 12.1 Å². The van der Waals surface area contributed by atoms with Crippen molar-refractivity contribution in [2.45, 2.75) is 0 Å². The Hall–Kier alpha value is -1.19. The summed E-state index contributed by atoms with van der Waals surface area (Å²) in [5, 5.41) is 1.15. The van der Waals surface area contributed by atoms with E-state index in [-0.39, 0.29) is 5.56 Å². The maximum absolute atomic E-state index is 11.4. The summed E-state index contributed by atoms with van der Waals surface area (Å²) in [5.74, 6) is -0.502. The van der Waals surface area contributed by atoms with Crippen molar-refractivity contribution in [2.24, 2.45) is 0 Å². The monoisotopic (exact) mass is 244 g/mol. The van der Waals surface area contributed by atoms with Gasteiger partial charge in [0, 0.05) is 0 Å². The van der Waals surface area contributed by atoms with E-state index < -0.39 is 5.97 Å². The topological polar surface area (TPSA) is 39.4 Å². The number of hydrogen-bond donors (Lipinski definition) is 0. The SMILES string of the molecule is COC(=O)c1coc2ccc(Cl)c(Cl)c12. The predicted molar refractivity (Wildman–Crippen MR) is 57.6 cm³/mol. The lowest BCUT2D eigenvalue weighted by molar-refractivity contribution is 0.0602. The Balaban J connectivity index is 2.77. The quantitative estimate of drug-likeness (QED) is 0.721. The highest BCUT2D eigenvalue weighted by Gasteiger charge is 2.18. The van der Waals surface area contributed by atoms with E-state index in [0.717, 1.165) is 0 Å². The first-order valence-electron chi connectivity index (χ1n) is 4.08. The number of carbonyl (C=O) groups is 1. The molecule has 0 bridgehead atoms. The Kier molecular flexibility index (Phi) is 2.59. The van der Waals surface area contributed by atoms with E-state index >= 15 is 0 Å². The summed E-state index contributed by atoms with van der Waals surface area (Å²) in [6.45, 7) is 0. The van der Waals surface area contributed by atoms with Gasteiger partial charge in [-0.2, -0.15) is 0 Å². The molecule has 0 fully saturated rings. The van der Waals surface area contributed by atoms with E-state index in [0.29, 0.717) is 21.0 Å². The Morgan fingerprint density at radius 1 is 1.40 bits per heavy atom. The van der Waals surface area contributed by atoms with Crippen LogP contribution >= 0.6 is 23.2 Å². The van der Waals surface area contributed by atoms with Crippen LogP contribution < -0.4 is 0 Å². The standard InChI is InChI=1S/C10H6Cl2O3/c1-14-10(13)5-4-15-7-3-2-6(11)9(12)8(5)7/h2-4H,1H3. The molecule has 0 saturated carbocycles. The maximum Gasteiger partial charge on any atom is 0.341 e. The molecular formula is C10H6Cl2O3. The number of ether oxygens (including phenoxy) is 1. The first kappa shape index (κ1) is 10.3. The molecule has 2 rings (SSSR count). The van der Waals surface area contributed by atoms with Gasteiger partial charge in [0.15, 0.2) is 0 Å². The highest BCUT2D eigenvalue weighted by molar-refractivity contribution is 6.45. The molecule has 1 aromatic carbocycles. The Morgan fingerprint density at radius 2 is 2.13 bits per heavy atom. The van der Waals surface area contributed by atoms with Gasteiger partial charge in [-0.05, 0) is 12.1 Å². The third-order valence-electron chi connectivity index (χ3n) is 2.03. The summed E-state index contributed by atoms with van der Waals surface area (Å²) in [7, 11) is 1.29. The molecular weight excluding hydrogens is 239 g/mol. The van der Waals surface area contributed by atoms with Crippen LogP contribution in [0.2, 0.25) is 10.0 Å². The van der Waals surface area contributed by atoms with Crippen molar-refractivity contribution < 1.29 is 13.9 Å². The summed E-state index contributed by atoms with van der Waals surface area (Å²) in [6.07, 6.45) is 1.30. The summed E-state index contributed by atoms with van der Waals surface area (Å²) >= 11 is 11.8. The van der Waals surface area contributed by atoms with E-state index in [1.165, 1.54) is 13.4 Å². The number of fused-ring (bicyclic) bond motifs is 1. The van der Waals surface area contributed by atoms with Crippen molar-refractivity contribution in [1.82, 2.24) is 0 Å². The summed E-state index contributed by atoms with van der Waals surface area (Å²) in [4.78, 5) is 11.4. The highest BCUT2D eigenvalue weighted by atomic mass is 35.5. The molecule has 0 saturated heterocycles. The van der Waals surface area contributed by atoms with Crippen LogP contribution in [-0.4, -0.2) is 13.1 Å². The Labute approximate surface area is 95.5 Å². The molecule has 78 valence electrons. The molecule has 0 N–H and O–H groups in total. The number of furan rings is 1. The summed E-state index contributed by atoms with van der Waals surface area (Å²) in [6, 6.07) is 3.26. The van der Waals surface area contributed by atoms with Crippen LogP contribution in [0.25, 0.3) is 11.0 Å². The van der Waals surface area contributed by atoms with E-state index in [2.05, 4.69) is 4.74 Å². The molecule has 5 heteroatoms. The molecule has 0 radical (unpaired) electrons. The van der Waals surface area contributed by atoms with Gasteiger partial charge in [-0.3, -0.25) is 0 Å². The van der Waals surface area contributed by atoms with Crippen LogP contribution in [0.1, 0.15) is 10.4 Å². The van der Waals surface area contributed by atoms with Gasteiger partial charge >= 0.3 is 5.97 Å². The van der Waals surface area contributed by atoms with Crippen LogP contribution in [0.3, 0.4) is 0 Å². The zero-order valence-electron chi connectivity index (χ0n) is 7.71. The minimum absolute atomic E-state index is 0.278. The minimum atomic E-state index is -0.502. The van der Waals surface area contributed by atoms with Gasteiger partial charge in [-0.1, -0.05) is 23.2 Å². The molecule has 0 atom stereocenters. The molecule has 0 amide bonds. The number of hydrogen-bond acceptors (Lipinski definition) is 3. The Bertz CT molecular complexity index is 531. The molecule has 0 unspecified atom stereocenters. The smallest absolute Gasteiger partial charge is 0.341 e. The fraction of sp³-hybridized carbons (Fsp3) is 0.100. The first-order valence-corrected chi connectivity index (χ1v) is 4.84.